The second kappa shape index (κ2) is 11.3. The first-order valence-corrected chi connectivity index (χ1v) is 12.2. The van der Waals surface area contributed by atoms with Gasteiger partial charge in [-0.15, -0.1) is 0 Å². The number of alkyl halides is 9. The maximum Gasteiger partial charge on any atom is 0.419 e. The van der Waals surface area contributed by atoms with Crippen LogP contribution in [0.1, 0.15) is 43.7 Å². The molecule has 1 amide bonds. The minimum atomic E-state index is -5.29. The molecule has 43 heavy (non-hydrogen) atoms. The molecule has 0 heterocycles. The Morgan fingerprint density at radius 3 is 1.63 bits per heavy atom. The maximum absolute atomic E-state index is 13.9. The van der Waals surface area contributed by atoms with Gasteiger partial charge in [0.2, 0.25) is 0 Å². The molecule has 1 N–H and O–H groups in total. The number of carbonyl (C=O) groups excluding carboxylic acids is 1. The summed E-state index contributed by atoms with van der Waals surface area (Å²) in [5.41, 5.74) is -9.11. The molecule has 13 heteroatoms. The SMILES string of the molecule is O=C(N[C@@](Cc1ccccc1)(c1ccc(F)cc1)c1cc(C(F)(F)F)cc(C(F)(F)F)c1)c1ccc(F)c(C(F)(F)F)c1. The monoisotopic (exact) mass is 617 g/mol. The summed E-state index contributed by atoms with van der Waals surface area (Å²) in [5, 5.41) is 2.32. The topological polar surface area (TPSA) is 29.1 Å². The number of halogens is 11. The van der Waals surface area contributed by atoms with Crippen molar-refractivity contribution < 1.29 is 53.1 Å². The lowest BCUT2D eigenvalue weighted by Gasteiger charge is -2.37. The Morgan fingerprint density at radius 1 is 0.581 bits per heavy atom. The molecule has 0 aliphatic rings. The molecule has 0 aromatic heterocycles. The van der Waals surface area contributed by atoms with Crippen molar-refractivity contribution in [2.45, 2.75) is 30.5 Å². The highest BCUT2D eigenvalue weighted by Gasteiger charge is 2.43. The van der Waals surface area contributed by atoms with E-state index >= 15 is 0 Å². The average Bonchev–Trinajstić information content (AvgIpc) is 2.92. The van der Waals surface area contributed by atoms with Crippen molar-refractivity contribution in [2.24, 2.45) is 0 Å². The third kappa shape index (κ3) is 6.98. The Morgan fingerprint density at radius 2 is 1.12 bits per heavy atom. The van der Waals surface area contributed by atoms with Gasteiger partial charge in [-0.25, -0.2) is 8.78 Å². The Hall–Kier alpha value is -4.42. The molecule has 0 bridgehead atoms. The Kier molecular flexibility index (Phi) is 8.31. The zero-order valence-corrected chi connectivity index (χ0v) is 21.4. The summed E-state index contributed by atoms with van der Waals surface area (Å²) in [6.45, 7) is 0. The second-order valence-corrected chi connectivity index (χ2v) is 9.52. The van der Waals surface area contributed by atoms with E-state index in [9.17, 15) is 53.1 Å². The lowest BCUT2D eigenvalue weighted by Crippen LogP contribution is -2.49. The molecule has 0 saturated heterocycles. The molecule has 2 nitrogen and oxygen atoms in total. The lowest BCUT2D eigenvalue weighted by molar-refractivity contribution is -0.143. The molecule has 0 fully saturated rings. The Labute approximate surface area is 236 Å². The van der Waals surface area contributed by atoms with Gasteiger partial charge < -0.3 is 5.32 Å². The number of hydrogen-bond acceptors (Lipinski definition) is 1. The molecule has 4 aromatic carbocycles. The number of rotatable bonds is 6. The van der Waals surface area contributed by atoms with Crippen molar-refractivity contribution in [1.29, 1.82) is 0 Å². The maximum atomic E-state index is 13.9. The fourth-order valence-corrected chi connectivity index (χ4v) is 4.55. The minimum absolute atomic E-state index is 0.126. The number of amides is 1. The molecular formula is C30H18F11NO. The molecular weight excluding hydrogens is 599 g/mol. The van der Waals surface area contributed by atoms with E-state index in [-0.39, 0.29) is 23.3 Å². The van der Waals surface area contributed by atoms with Crippen LogP contribution in [0.15, 0.2) is 91.0 Å². The van der Waals surface area contributed by atoms with Crippen LogP contribution in [-0.2, 0) is 30.5 Å². The number of benzene rings is 4. The van der Waals surface area contributed by atoms with E-state index in [4.69, 9.17) is 0 Å². The fourth-order valence-electron chi connectivity index (χ4n) is 4.55. The molecule has 0 aliphatic heterocycles. The van der Waals surface area contributed by atoms with E-state index in [0.29, 0.717) is 24.3 Å². The standard InChI is InChI=1S/C30H18F11NO/c31-23-9-7-19(8-10-23)27(16-17-4-2-1-3-5-17,20-13-21(28(33,34)35)15-22(14-20)29(36,37)38)42-26(43)18-6-11-25(32)24(12-18)30(39,40)41/h1-15H,16H2,(H,42,43)/t27-/m0/s1. The van der Waals surface area contributed by atoms with Crippen molar-refractivity contribution in [3.8, 4) is 0 Å². The predicted octanol–water partition coefficient (Wildman–Crippen LogP) is 8.94. The first kappa shape index (κ1) is 31.5. The van der Waals surface area contributed by atoms with Crippen LogP contribution in [-0.4, -0.2) is 5.91 Å². The summed E-state index contributed by atoms with van der Waals surface area (Å²) in [6, 6.07) is 13.0. The van der Waals surface area contributed by atoms with Crippen LogP contribution in [0.3, 0.4) is 0 Å². The number of hydrogen-bond donors (Lipinski definition) is 1. The van der Waals surface area contributed by atoms with Crippen molar-refractivity contribution in [3.63, 3.8) is 0 Å². The summed E-state index contributed by atoms with van der Waals surface area (Å²) in [4.78, 5) is 13.5. The van der Waals surface area contributed by atoms with Crippen molar-refractivity contribution in [3.05, 3.63) is 142 Å². The molecule has 226 valence electrons. The lowest BCUT2D eigenvalue weighted by atomic mass is 9.76. The summed E-state index contributed by atoms with van der Waals surface area (Å²) in [6.07, 6.45) is -16.3. The average molecular weight is 617 g/mol. The third-order valence-corrected chi connectivity index (χ3v) is 6.59. The van der Waals surface area contributed by atoms with Crippen LogP contribution in [0.4, 0.5) is 48.3 Å². The fraction of sp³-hybridized carbons (Fsp3) is 0.167. The quantitative estimate of drug-likeness (QED) is 0.215. The smallest absolute Gasteiger partial charge is 0.338 e. The van der Waals surface area contributed by atoms with Crippen LogP contribution in [0, 0.1) is 11.6 Å². The van der Waals surface area contributed by atoms with Gasteiger partial charge in [0.05, 0.1) is 22.2 Å². The number of carbonyl (C=O) groups is 1. The van der Waals surface area contributed by atoms with Crippen LogP contribution in [0.25, 0.3) is 0 Å². The van der Waals surface area contributed by atoms with Crippen LogP contribution in [0.2, 0.25) is 0 Å². The van der Waals surface area contributed by atoms with E-state index in [1.165, 1.54) is 24.3 Å². The second-order valence-electron chi connectivity index (χ2n) is 9.52. The Balaban J connectivity index is 2.04. The van der Waals surface area contributed by atoms with E-state index in [1.807, 2.05) is 0 Å². The van der Waals surface area contributed by atoms with Crippen molar-refractivity contribution >= 4 is 5.91 Å². The van der Waals surface area contributed by atoms with E-state index in [1.54, 1.807) is 6.07 Å². The van der Waals surface area contributed by atoms with Gasteiger partial charge in [0.1, 0.15) is 11.6 Å². The highest BCUT2D eigenvalue weighted by Crippen LogP contribution is 2.42. The molecule has 1 atom stereocenters. The summed E-state index contributed by atoms with van der Waals surface area (Å²) < 4.78 is 151. The molecule has 4 aromatic rings. The van der Waals surface area contributed by atoms with Crippen molar-refractivity contribution in [2.75, 3.05) is 0 Å². The molecule has 0 aliphatic carbocycles. The summed E-state index contributed by atoms with van der Waals surface area (Å²) >= 11 is 0. The van der Waals surface area contributed by atoms with Gasteiger partial charge in [0, 0.05) is 12.0 Å². The normalized spacial score (nSPS) is 13.8. The first-order valence-electron chi connectivity index (χ1n) is 12.2. The van der Waals surface area contributed by atoms with Crippen molar-refractivity contribution in [1.82, 2.24) is 5.32 Å². The van der Waals surface area contributed by atoms with Gasteiger partial charge in [-0.2, -0.15) is 39.5 Å². The highest BCUT2D eigenvalue weighted by atomic mass is 19.4. The van der Waals surface area contributed by atoms with Gasteiger partial charge in [0.25, 0.3) is 5.91 Å². The Bertz CT molecular complexity index is 1580. The molecule has 0 unspecified atom stereocenters. The van der Waals surface area contributed by atoms with Gasteiger partial charge in [-0.3, -0.25) is 4.79 Å². The highest BCUT2D eigenvalue weighted by molar-refractivity contribution is 5.95. The van der Waals surface area contributed by atoms with Crippen LogP contribution < -0.4 is 5.32 Å². The summed E-state index contributed by atoms with van der Waals surface area (Å²) in [5.74, 6) is -3.94. The largest absolute Gasteiger partial charge is 0.419 e. The van der Waals surface area contributed by atoms with Gasteiger partial charge in [-0.1, -0.05) is 42.5 Å². The van der Waals surface area contributed by atoms with Crippen LogP contribution >= 0.6 is 0 Å². The van der Waals surface area contributed by atoms with Gasteiger partial charge in [-0.05, 0) is 65.2 Å². The summed E-state index contributed by atoms with van der Waals surface area (Å²) in [7, 11) is 0. The van der Waals surface area contributed by atoms with Gasteiger partial charge in [0.15, 0.2) is 0 Å². The van der Waals surface area contributed by atoms with Gasteiger partial charge >= 0.3 is 18.5 Å². The zero-order valence-electron chi connectivity index (χ0n) is 21.4. The predicted molar refractivity (Wildman–Crippen MR) is 133 cm³/mol. The van der Waals surface area contributed by atoms with E-state index < -0.39 is 75.8 Å². The molecule has 4 rings (SSSR count). The molecule has 0 saturated carbocycles. The first-order chi connectivity index (χ1) is 19.9. The van der Waals surface area contributed by atoms with E-state index in [2.05, 4.69) is 5.32 Å². The van der Waals surface area contributed by atoms with E-state index in [0.717, 1.165) is 24.3 Å². The van der Waals surface area contributed by atoms with Crippen LogP contribution in [0.5, 0.6) is 0 Å². The minimum Gasteiger partial charge on any atom is -0.338 e. The zero-order chi connectivity index (χ0) is 31.8. The molecule has 0 radical (unpaired) electrons. The third-order valence-electron chi connectivity index (χ3n) is 6.59. The molecule has 0 spiro atoms. The number of nitrogens with one attached hydrogen (secondary N) is 1.